The molecule has 0 unspecified atom stereocenters. The first-order chi connectivity index (χ1) is 4.75. The summed E-state index contributed by atoms with van der Waals surface area (Å²) in [5.74, 6) is 0.327. The van der Waals surface area contributed by atoms with Crippen LogP contribution in [0.1, 0.15) is 6.92 Å². The van der Waals surface area contributed by atoms with E-state index in [1.54, 1.807) is 13.5 Å². The van der Waals surface area contributed by atoms with E-state index in [9.17, 15) is 9.59 Å². The molecule has 1 fully saturated rings. The van der Waals surface area contributed by atoms with Gasteiger partial charge in [-0.25, -0.2) is 0 Å². The van der Waals surface area contributed by atoms with Crippen molar-refractivity contribution in [2.24, 2.45) is 0 Å². The van der Waals surface area contributed by atoms with E-state index in [2.05, 4.69) is 0 Å². The van der Waals surface area contributed by atoms with Gasteiger partial charge in [0.25, 0.3) is 5.12 Å². The first-order valence-corrected chi connectivity index (χ1v) is 4.01. The van der Waals surface area contributed by atoms with Gasteiger partial charge in [0, 0.05) is 18.8 Å². The Labute approximate surface area is 63.8 Å². The molecule has 0 saturated carbocycles. The summed E-state index contributed by atoms with van der Waals surface area (Å²) in [4.78, 5) is 23.0. The second-order valence-corrected chi connectivity index (χ2v) is 2.96. The van der Waals surface area contributed by atoms with Crippen LogP contribution in [0.3, 0.4) is 0 Å². The second-order valence-electron chi connectivity index (χ2n) is 1.89. The lowest BCUT2D eigenvalue weighted by Crippen LogP contribution is -2.38. The Morgan fingerprint density at radius 2 is 2.30 bits per heavy atom. The fraction of sp³-hybridized carbons (Fsp3) is 0.500. The van der Waals surface area contributed by atoms with Gasteiger partial charge in [-0.1, -0.05) is 11.8 Å². The summed E-state index contributed by atoms with van der Waals surface area (Å²) in [5, 5.41) is -0.343. The average molecular weight is 158 g/mol. The van der Waals surface area contributed by atoms with Crippen molar-refractivity contribution in [3.8, 4) is 0 Å². The van der Waals surface area contributed by atoms with Gasteiger partial charge in [-0.2, -0.15) is 0 Å². The summed E-state index contributed by atoms with van der Waals surface area (Å²) in [7, 11) is 0. The summed E-state index contributed by atoms with van der Waals surface area (Å²) in [6, 6.07) is 0. The number of nitrogens with zero attached hydrogens (tertiary/aromatic N) is 1. The van der Waals surface area contributed by atoms with E-state index in [0.717, 1.165) is 17.5 Å². The third kappa shape index (κ3) is 1.31. The van der Waals surface area contributed by atoms with Crippen LogP contribution >= 0.6 is 11.8 Å². The molecule has 0 aromatic rings. The van der Waals surface area contributed by atoms with Crippen LogP contribution in [-0.2, 0) is 9.59 Å². The van der Waals surface area contributed by atoms with Gasteiger partial charge in [0.1, 0.15) is 0 Å². The zero-order valence-electron chi connectivity index (χ0n) is 5.66. The number of amides is 1. The Balaban J connectivity index is 2.60. The van der Waals surface area contributed by atoms with E-state index < -0.39 is 5.91 Å². The topological polar surface area (TPSA) is 37.4 Å². The van der Waals surface area contributed by atoms with Crippen LogP contribution in [-0.4, -0.2) is 28.2 Å². The Kier molecular flexibility index (Phi) is 2.32. The monoisotopic (exact) mass is 158 g/mol. The van der Waals surface area contributed by atoms with Crippen LogP contribution < -0.4 is 0 Å². The lowest BCUT2D eigenvalue weighted by atomic mass is 10.5. The van der Waals surface area contributed by atoms with Crippen LogP contribution in [0.2, 0.25) is 0 Å². The summed E-state index contributed by atoms with van der Waals surface area (Å²) in [5.41, 5.74) is 0. The molecule has 1 radical (unpaired) electrons. The van der Waals surface area contributed by atoms with Crippen molar-refractivity contribution in [2.45, 2.75) is 6.92 Å². The highest BCUT2D eigenvalue weighted by molar-refractivity contribution is 8.15. The van der Waals surface area contributed by atoms with Gasteiger partial charge in [-0.3, -0.25) is 9.59 Å². The number of carbonyl (C=O) groups excluding carboxylic acids is 2. The zero-order valence-corrected chi connectivity index (χ0v) is 6.48. The van der Waals surface area contributed by atoms with Crippen molar-refractivity contribution in [2.75, 3.05) is 12.3 Å². The SMILES string of the molecule is C[CH]N1CCSC(=O)C1=O. The van der Waals surface area contributed by atoms with Crippen molar-refractivity contribution < 1.29 is 9.59 Å². The third-order valence-corrected chi connectivity index (χ3v) is 2.14. The maximum absolute atomic E-state index is 10.9. The molecular weight excluding hydrogens is 150 g/mol. The van der Waals surface area contributed by atoms with Gasteiger partial charge in [0.2, 0.25) is 0 Å². The molecule has 1 rings (SSSR count). The smallest absolute Gasteiger partial charge is 0.301 e. The van der Waals surface area contributed by atoms with Crippen LogP contribution in [0.5, 0.6) is 0 Å². The molecule has 0 spiro atoms. The van der Waals surface area contributed by atoms with Crippen LogP contribution in [0.15, 0.2) is 0 Å². The molecule has 0 aliphatic carbocycles. The number of carbonyl (C=O) groups is 2. The molecule has 1 amide bonds. The molecule has 0 atom stereocenters. The highest BCUT2D eigenvalue weighted by Gasteiger charge is 2.25. The standard InChI is InChI=1S/C6H8NO2S/c1-2-7-3-4-10-6(9)5(7)8/h2H,3-4H2,1H3. The lowest BCUT2D eigenvalue weighted by Gasteiger charge is -2.22. The first kappa shape index (κ1) is 7.60. The second kappa shape index (κ2) is 3.05. The Morgan fingerprint density at radius 1 is 1.60 bits per heavy atom. The molecule has 1 aliphatic rings. The fourth-order valence-electron chi connectivity index (χ4n) is 0.764. The van der Waals surface area contributed by atoms with Crippen molar-refractivity contribution in [1.82, 2.24) is 4.90 Å². The van der Waals surface area contributed by atoms with Crippen molar-refractivity contribution in [3.63, 3.8) is 0 Å². The van der Waals surface area contributed by atoms with Gasteiger partial charge in [0.15, 0.2) is 0 Å². The molecule has 10 heavy (non-hydrogen) atoms. The summed E-state index contributed by atoms with van der Waals surface area (Å²) in [6.07, 6.45) is 0. The number of hydrogen-bond donors (Lipinski definition) is 0. The Hall–Kier alpha value is -0.510. The highest BCUT2D eigenvalue weighted by Crippen LogP contribution is 2.13. The normalized spacial score (nSPS) is 19.9. The average Bonchev–Trinajstić information content (AvgIpc) is 1.95. The quantitative estimate of drug-likeness (QED) is 0.514. The molecule has 3 nitrogen and oxygen atoms in total. The van der Waals surface area contributed by atoms with E-state index in [1.165, 1.54) is 4.90 Å². The van der Waals surface area contributed by atoms with Crippen LogP contribution in [0.25, 0.3) is 0 Å². The zero-order chi connectivity index (χ0) is 7.56. The number of thioether (sulfide) groups is 1. The molecule has 55 valence electrons. The largest absolute Gasteiger partial charge is 0.330 e. The summed E-state index contributed by atoms with van der Waals surface area (Å²) >= 11 is 1.10. The number of rotatable bonds is 1. The Morgan fingerprint density at radius 3 is 2.80 bits per heavy atom. The van der Waals surface area contributed by atoms with Gasteiger partial charge < -0.3 is 4.90 Å². The summed E-state index contributed by atoms with van der Waals surface area (Å²) < 4.78 is 0. The molecule has 4 heteroatoms. The van der Waals surface area contributed by atoms with Crippen LogP contribution in [0.4, 0.5) is 0 Å². The van der Waals surface area contributed by atoms with E-state index >= 15 is 0 Å². The van der Waals surface area contributed by atoms with Gasteiger partial charge in [0.05, 0.1) is 0 Å². The number of hydrogen-bond acceptors (Lipinski definition) is 3. The predicted molar refractivity (Wildman–Crippen MR) is 39.2 cm³/mol. The highest BCUT2D eigenvalue weighted by atomic mass is 32.2. The van der Waals surface area contributed by atoms with Crippen molar-refractivity contribution >= 4 is 22.8 Å². The predicted octanol–water partition coefficient (Wildman–Crippen LogP) is 0.270. The van der Waals surface area contributed by atoms with Crippen molar-refractivity contribution in [1.29, 1.82) is 0 Å². The Bertz CT molecular complexity index is 169. The van der Waals surface area contributed by atoms with E-state index in [0.29, 0.717) is 6.54 Å². The van der Waals surface area contributed by atoms with E-state index in [4.69, 9.17) is 0 Å². The maximum atomic E-state index is 10.9. The first-order valence-electron chi connectivity index (χ1n) is 3.03. The molecule has 0 N–H and O–H groups in total. The molecule has 0 aromatic heterocycles. The van der Waals surface area contributed by atoms with E-state index in [1.807, 2.05) is 0 Å². The third-order valence-electron chi connectivity index (χ3n) is 1.31. The minimum Gasteiger partial charge on any atom is -0.330 e. The molecule has 0 aromatic carbocycles. The maximum Gasteiger partial charge on any atom is 0.301 e. The molecule has 0 bridgehead atoms. The van der Waals surface area contributed by atoms with Gasteiger partial charge in [-0.05, 0) is 6.92 Å². The molecule has 1 saturated heterocycles. The molecule has 1 aliphatic heterocycles. The molecular formula is C6H8NO2S. The summed E-state index contributed by atoms with van der Waals surface area (Å²) in [6.45, 7) is 4.05. The van der Waals surface area contributed by atoms with Crippen molar-refractivity contribution in [3.05, 3.63) is 6.54 Å². The van der Waals surface area contributed by atoms with Gasteiger partial charge >= 0.3 is 5.91 Å². The lowest BCUT2D eigenvalue weighted by molar-refractivity contribution is -0.139. The molecule has 1 heterocycles. The van der Waals surface area contributed by atoms with Gasteiger partial charge in [-0.15, -0.1) is 0 Å². The fourth-order valence-corrected chi connectivity index (χ4v) is 1.48. The minimum atomic E-state index is -0.390. The van der Waals surface area contributed by atoms with E-state index in [-0.39, 0.29) is 5.12 Å². The van der Waals surface area contributed by atoms with Crippen LogP contribution in [0, 0.1) is 6.54 Å². The minimum absolute atomic E-state index is 0.343.